The Morgan fingerprint density at radius 3 is 2.69 bits per heavy atom. The van der Waals surface area contributed by atoms with Crippen LogP contribution in [0.25, 0.3) is 0 Å². The van der Waals surface area contributed by atoms with Gasteiger partial charge < -0.3 is 15.8 Å². The number of hydrogen-bond acceptors (Lipinski definition) is 3. The molecule has 5 heteroatoms. The van der Waals surface area contributed by atoms with Gasteiger partial charge in [-0.2, -0.15) is 0 Å². The summed E-state index contributed by atoms with van der Waals surface area (Å²) in [6.45, 7) is 0.828. The van der Waals surface area contributed by atoms with Gasteiger partial charge in [0, 0.05) is 16.6 Å². The van der Waals surface area contributed by atoms with Crippen LogP contribution in [0, 0.1) is 0 Å². The van der Waals surface area contributed by atoms with E-state index in [2.05, 4.69) is 5.32 Å². The van der Waals surface area contributed by atoms with Crippen molar-refractivity contribution >= 4 is 23.2 Å². The van der Waals surface area contributed by atoms with Gasteiger partial charge in [0.15, 0.2) is 0 Å². The molecule has 0 aliphatic carbocycles. The molecule has 3 N–H and O–H groups in total. The van der Waals surface area contributed by atoms with Crippen LogP contribution in [0.5, 0.6) is 5.75 Å². The van der Waals surface area contributed by atoms with E-state index < -0.39 is 0 Å². The van der Waals surface area contributed by atoms with E-state index in [0.717, 1.165) is 18.5 Å². The first-order valence-electron chi connectivity index (χ1n) is 5.03. The Labute approximate surface area is 106 Å². The summed E-state index contributed by atoms with van der Waals surface area (Å²) in [5.41, 5.74) is 6.90. The van der Waals surface area contributed by atoms with Gasteiger partial charge in [-0.1, -0.05) is 23.2 Å². The van der Waals surface area contributed by atoms with Crippen LogP contribution in [-0.2, 0) is 0 Å². The minimum atomic E-state index is -0.140. The smallest absolute Gasteiger partial charge is 0.142 e. The molecular weight excluding hydrogens is 247 g/mol. The van der Waals surface area contributed by atoms with Gasteiger partial charge in [-0.15, -0.1) is 0 Å². The molecule has 0 aliphatic rings. The number of methoxy groups -OCH3 is 1. The molecule has 3 nitrogen and oxygen atoms in total. The zero-order valence-electron chi connectivity index (χ0n) is 9.39. The lowest BCUT2D eigenvalue weighted by atomic mass is 10.0. The Kier molecular flexibility index (Phi) is 5.35. The predicted octanol–water partition coefficient (Wildman–Crippen LogP) is 2.61. The van der Waals surface area contributed by atoms with Crippen molar-refractivity contribution in [3.63, 3.8) is 0 Å². The van der Waals surface area contributed by atoms with Crippen molar-refractivity contribution in [1.29, 1.82) is 0 Å². The normalized spacial score (nSPS) is 12.6. The van der Waals surface area contributed by atoms with Crippen LogP contribution in [-0.4, -0.2) is 20.7 Å². The third kappa shape index (κ3) is 3.25. The molecule has 0 radical (unpaired) electrons. The number of hydrogen-bond donors (Lipinski definition) is 2. The summed E-state index contributed by atoms with van der Waals surface area (Å²) in [5, 5.41) is 4.11. The van der Waals surface area contributed by atoms with Crippen molar-refractivity contribution in [2.45, 2.75) is 12.5 Å². The van der Waals surface area contributed by atoms with Crippen molar-refractivity contribution in [1.82, 2.24) is 5.32 Å². The second kappa shape index (κ2) is 6.30. The standard InChI is InChI=1S/C11H16Cl2N2O/c1-15-4-3-10(14)8-5-7(12)6-9(13)11(8)16-2/h5-6,10,15H,3-4,14H2,1-2H3. The van der Waals surface area contributed by atoms with Gasteiger partial charge in [-0.05, 0) is 32.1 Å². The van der Waals surface area contributed by atoms with Crippen molar-refractivity contribution in [2.75, 3.05) is 20.7 Å². The topological polar surface area (TPSA) is 47.3 Å². The van der Waals surface area contributed by atoms with Crippen LogP contribution in [0.4, 0.5) is 0 Å². The second-order valence-electron chi connectivity index (χ2n) is 3.51. The molecule has 1 aromatic rings. The SMILES string of the molecule is CNCCC(N)c1cc(Cl)cc(Cl)c1OC. The summed E-state index contributed by atoms with van der Waals surface area (Å²) in [4.78, 5) is 0. The van der Waals surface area contributed by atoms with Crippen LogP contribution in [0.15, 0.2) is 12.1 Å². The summed E-state index contributed by atoms with van der Waals surface area (Å²) in [7, 11) is 3.46. The predicted molar refractivity (Wildman–Crippen MR) is 68.5 cm³/mol. The molecule has 1 atom stereocenters. The number of rotatable bonds is 5. The highest BCUT2D eigenvalue weighted by molar-refractivity contribution is 6.35. The van der Waals surface area contributed by atoms with Crippen molar-refractivity contribution in [3.05, 3.63) is 27.7 Å². The lowest BCUT2D eigenvalue weighted by Crippen LogP contribution is -2.18. The van der Waals surface area contributed by atoms with Gasteiger partial charge in [0.1, 0.15) is 5.75 Å². The first-order valence-corrected chi connectivity index (χ1v) is 5.78. The fourth-order valence-corrected chi connectivity index (χ4v) is 2.11. The van der Waals surface area contributed by atoms with E-state index in [4.69, 9.17) is 33.7 Å². The van der Waals surface area contributed by atoms with E-state index in [1.807, 2.05) is 7.05 Å². The maximum Gasteiger partial charge on any atom is 0.142 e. The molecule has 0 saturated heterocycles. The van der Waals surface area contributed by atoms with Gasteiger partial charge in [0.05, 0.1) is 12.1 Å². The highest BCUT2D eigenvalue weighted by Gasteiger charge is 2.15. The molecule has 1 unspecified atom stereocenters. The Balaban J connectivity index is 3.00. The molecular formula is C11H16Cl2N2O. The van der Waals surface area contributed by atoms with Crippen molar-refractivity contribution in [2.24, 2.45) is 5.73 Å². The summed E-state index contributed by atoms with van der Waals surface area (Å²) in [6.07, 6.45) is 0.795. The number of benzene rings is 1. The Hall–Kier alpha value is -0.480. The van der Waals surface area contributed by atoms with E-state index in [9.17, 15) is 0 Å². The maximum absolute atomic E-state index is 6.06. The van der Waals surface area contributed by atoms with Crippen LogP contribution < -0.4 is 15.8 Å². The Morgan fingerprint density at radius 2 is 2.12 bits per heavy atom. The highest BCUT2D eigenvalue weighted by atomic mass is 35.5. The number of nitrogens with one attached hydrogen (secondary N) is 1. The molecule has 0 fully saturated rings. The number of ether oxygens (including phenoxy) is 1. The van der Waals surface area contributed by atoms with E-state index in [1.165, 1.54) is 0 Å². The van der Waals surface area contributed by atoms with Gasteiger partial charge in [-0.3, -0.25) is 0 Å². The molecule has 0 bridgehead atoms. The van der Waals surface area contributed by atoms with E-state index in [0.29, 0.717) is 15.8 Å². The molecule has 0 aliphatic heterocycles. The molecule has 0 aromatic heterocycles. The second-order valence-corrected chi connectivity index (χ2v) is 4.35. The maximum atomic E-state index is 6.06. The van der Waals surface area contributed by atoms with E-state index in [-0.39, 0.29) is 6.04 Å². The average Bonchev–Trinajstić information content (AvgIpc) is 2.24. The molecule has 1 rings (SSSR count). The molecule has 90 valence electrons. The van der Waals surface area contributed by atoms with E-state index >= 15 is 0 Å². The number of halogens is 2. The van der Waals surface area contributed by atoms with Gasteiger partial charge in [-0.25, -0.2) is 0 Å². The monoisotopic (exact) mass is 262 g/mol. The van der Waals surface area contributed by atoms with E-state index in [1.54, 1.807) is 19.2 Å². The quantitative estimate of drug-likeness (QED) is 0.858. The largest absolute Gasteiger partial charge is 0.495 e. The first-order chi connectivity index (χ1) is 7.60. The van der Waals surface area contributed by atoms with Crippen molar-refractivity contribution < 1.29 is 4.74 Å². The summed E-state index contributed by atoms with van der Waals surface area (Å²) < 4.78 is 5.24. The summed E-state index contributed by atoms with van der Waals surface area (Å²) in [5.74, 6) is 0.606. The lowest BCUT2D eigenvalue weighted by molar-refractivity contribution is 0.404. The fraction of sp³-hybridized carbons (Fsp3) is 0.455. The van der Waals surface area contributed by atoms with Crippen LogP contribution >= 0.6 is 23.2 Å². The first kappa shape index (κ1) is 13.6. The molecule has 16 heavy (non-hydrogen) atoms. The molecule has 0 spiro atoms. The Morgan fingerprint density at radius 1 is 1.44 bits per heavy atom. The zero-order chi connectivity index (χ0) is 12.1. The Bertz CT molecular complexity index is 358. The van der Waals surface area contributed by atoms with Crippen LogP contribution in [0.3, 0.4) is 0 Å². The van der Waals surface area contributed by atoms with Gasteiger partial charge in [0.25, 0.3) is 0 Å². The van der Waals surface area contributed by atoms with Crippen LogP contribution in [0.1, 0.15) is 18.0 Å². The van der Waals surface area contributed by atoms with Gasteiger partial charge in [0.2, 0.25) is 0 Å². The third-order valence-corrected chi connectivity index (χ3v) is 2.85. The summed E-state index contributed by atoms with van der Waals surface area (Å²) in [6, 6.07) is 3.31. The van der Waals surface area contributed by atoms with Crippen LogP contribution in [0.2, 0.25) is 10.0 Å². The lowest BCUT2D eigenvalue weighted by Gasteiger charge is -2.17. The molecule has 0 amide bonds. The summed E-state index contributed by atoms with van der Waals surface area (Å²) >= 11 is 12.0. The third-order valence-electron chi connectivity index (χ3n) is 2.35. The highest BCUT2D eigenvalue weighted by Crippen LogP contribution is 2.35. The minimum Gasteiger partial charge on any atom is -0.495 e. The number of nitrogens with two attached hydrogens (primary N) is 1. The fourth-order valence-electron chi connectivity index (χ4n) is 1.53. The average molecular weight is 263 g/mol. The van der Waals surface area contributed by atoms with Crippen molar-refractivity contribution in [3.8, 4) is 5.75 Å². The minimum absolute atomic E-state index is 0.140. The molecule has 0 saturated carbocycles. The van der Waals surface area contributed by atoms with Gasteiger partial charge >= 0.3 is 0 Å². The molecule has 1 aromatic carbocycles. The zero-order valence-corrected chi connectivity index (χ0v) is 10.9. The molecule has 0 heterocycles.